The topological polar surface area (TPSA) is 78.0 Å². The zero-order valence-corrected chi connectivity index (χ0v) is 14.2. The van der Waals surface area contributed by atoms with Gasteiger partial charge in [-0.3, -0.25) is 9.20 Å². The highest BCUT2D eigenvalue weighted by molar-refractivity contribution is 7.98. The van der Waals surface area contributed by atoms with Crippen LogP contribution in [0.3, 0.4) is 0 Å². The van der Waals surface area contributed by atoms with Gasteiger partial charge in [0.1, 0.15) is 5.65 Å². The average Bonchev–Trinajstić information content (AvgIpc) is 3.09. The Bertz CT molecular complexity index is 1090. The van der Waals surface area contributed by atoms with Gasteiger partial charge in [0.05, 0.1) is 11.4 Å². The number of thioether (sulfide) groups is 1. The first-order chi connectivity index (χ1) is 12.2. The summed E-state index contributed by atoms with van der Waals surface area (Å²) in [5.41, 5.74) is 3.29. The summed E-state index contributed by atoms with van der Waals surface area (Å²) in [5, 5.41) is 12.5. The van der Waals surface area contributed by atoms with Gasteiger partial charge in [-0.05, 0) is 41.6 Å². The van der Waals surface area contributed by atoms with E-state index in [1.54, 1.807) is 23.0 Å². The Morgan fingerprint density at radius 1 is 1.12 bits per heavy atom. The molecule has 7 nitrogen and oxygen atoms in total. The van der Waals surface area contributed by atoms with Gasteiger partial charge >= 0.3 is 0 Å². The predicted molar refractivity (Wildman–Crippen MR) is 94.9 cm³/mol. The Morgan fingerprint density at radius 3 is 2.80 bits per heavy atom. The molecule has 1 aromatic carbocycles. The van der Waals surface area contributed by atoms with E-state index in [0.29, 0.717) is 22.3 Å². The lowest BCUT2D eigenvalue weighted by Crippen LogP contribution is -2.14. The molecule has 0 fully saturated rings. The maximum Gasteiger partial charge on any atom is 0.258 e. The molecule has 0 atom stereocenters. The SMILES string of the molecule is Cc1ccc(-n2nnnc2SCc2cc(=O)n3ccccc3n2)cc1. The minimum atomic E-state index is -0.0978. The van der Waals surface area contributed by atoms with Crippen LogP contribution in [0.1, 0.15) is 11.3 Å². The third kappa shape index (κ3) is 3.16. The molecule has 0 radical (unpaired) electrons. The molecular weight excluding hydrogens is 336 g/mol. The van der Waals surface area contributed by atoms with Gasteiger partial charge in [-0.2, -0.15) is 4.68 Å². The molecule has 8 heteroatoms. The lowest BCUT2D eigenvalue weighted by atomic mass is 10.2. The first-order valence-electron chi connectivity index (χ1n) is 7.66. The van der Waals surface area contributed by atoms with Crippen LogP contribution in [-0.2, 0) is 5.75 Å². The third-order valence-corrected chi connectivity index (χ3v) is 4.65. The highest BCUT2D eigenvalue weighted by atomic mass is 32.2. The number of tetrazole rings is 1. The fourth-order valence-electron chi connectivity index (χ4n) is 2.43. The minimum Gasteiger partial charge on any atom is -0.269 e. The zero-order chi connectivity index (χ0) is 17.2. The molecule has 25 heavy (non-hydrogen) atoms. The second-order valence-corrected chi connectivity index (χ2v) is 6.45. The number of pyridine rings is 1. The van der Waals surface area contributed by atoms with Crippen LogP contribution in [0.25, 0.3) is 11.3 Å². The Kier molecular flexibility index (Phi) is 4.02. The normalized spacial score (nSPS) is 11.1. The average molecular weight is 350 g/mol. The van der Waals surface area contributed by atoms with E-state index >= 15 is 0 Å². The van der Waals surface area contributed by atoms with E-state index in [-0.39, 0.29) is 5.56 Å². The summed E-state index contributed by atoms with van der Waals surface area (Å²) in [7, 11) is 0. The van der Waals surface area contributed by atoms with Crippen LogP contribution in [0.2, 0.25) is 0 Å². The van der Waals surface area contributed by atoms with Crippen molar-refractivity contribution in [2.24, 2.45) is 0 Å². The molecule has 0 N–H and O–H groups in total. The van der Waals surface area contributed by atoms with E-state index in [0.717, 1.165) is 5.69 Å². The number of nitrogens with zero attached hydrogens (tertiary/aromatic N) is 6. The van der Waals surface area contributed by atoms with Crippen molar-refractivity contribution in [1.82, 2.24) is 29.6 Å². The van der Waals surface area contributed by atoms with Crippen LogP contribution in [0.5, 0.6) is 0 Å². The molecule has 0 bridgehead atoms. The molecule has 0 spiro atoms. The third-order valence-electron chi connectivity index (χ3n) is 3.69. The minimum absolute atomic E-state index is 0.0978. The van der Waals surface area contributed by atoms with E-state index in [1.807, 2.05) is 43.3 Å². The molecule has 0 aliphatic carbocycles. The molecule has 0 aliphatic rings. The first-order valence-corrected chi connectivity index (χ1v) is 8.65. The lowest BCUT2D eigenvalue weighted by Gasteiger charge is -2.05. The molecule has 3 heterocycles. The molecule has 0 unspecified atom stereocenters. The predicted octanol–water partition coefficient (Wildman–Crippen LogP) is 2.27. The van der Waals surface area contributed by atoms with Crippen molar-refractivity contribution in [3.8, 4) is 5.69 Å². The maximum atomic E-state index is 12.1. The van der Waals surface area contributed by atoms with Crippen molar-refractivity contribution in [3.05, 3.63) is 76.3 Å². The summed E-state index contributed by atoms with van der Waals surface area (Å²) < 4.78 is 3.20. The number of fused-ring (bicyclic) bond motifs is 1. The molecule has 0 aliphatic heterocycles. The summed E-state index contributed by atoms with van der Waals surface area (Å²) in [6.45, 7) is 2.03. The quantitative estimate of drug-likeness (QED) is 0.526. The van der Waals surface area contributed by atoms with Gasteiger partial charge in [0.25, 0.3) is 5.56 Å². The maximum absolute atomic E-state index is 12.1. The Balaban J connectivity index is 1.59. The highest BCUT2D eigenvalue weighted by Crippen LogP contribution is 2.21. The Hall–Kier alpha value is -3.00. The second kappa shape index (κ2) is 6.48. The number of hydrogen-bond donors (Lipinski definition) is 0. The molecule has 3 aromatic heterocycles. The molecular formula is C17H14N6OS. The van der Waals surface area contributed by atoms with Gasteiger partial charge in [-0.1, -0.05) is 35.5 Å². The Morgan fingerprint density at radius 2 is 1.96 bits per heavy atom. The first kappa shape index (κ1) is 15.5. The summed E-state index contributed by atoms with van der Waals surface area (Å²) in [4.78, 5) is 16.7. The highest BCUT2D eigenvalue weighted by Gasteiger charge is 2.10. The smallest absolute Gasteiger partial charge is 0.258 e. The van der Waals surface area contributed by atoms with E-state index in [1.165, 1.54) is 21.7 Å². The van der Waals surface area contributed by atoms with Gasteiger partial charge in [-0.15, -0.1) is 5.10 Å². The molecule has 0 saturated heterocycles. The molecule has 4 aromatic rings. The zero-order valence-electron chi connectivity index (χ0n) is 13.4. The van der Waals surface area contributed by atoms with Crippen molar-refractivity contribution in [1.29, 1.82) is 0 Å². The van der Waals surface area contributed by atoms with E-state index in [4.69, 9.17) is 0 Å². The fraction of sp³-hybridized carbons (Fsp3) is 0.118. The number of aromatic nitrogens is 6. The monoisotopic (exact) mass is 350 g/mol. The van der Waals surface area contributed by atoms with Crippen molar-refractivity contribution >= 4 is 17.4 Å². The number of hydrogen-bond acceptors (Lipinski definition) is 6. The summed E-state index contributed by atoms with van der Waals surface area (Å²) in [5.74, 6) is 0.507. The van der Waals surface area contributed by atoms with E-state index < -0.39 is 0 Å². The fourth-order valence-corrected chi connectivity index (χ4v) is 3.22. The van der Waals surface area contributed by atoms with Gasteiger partial charge in [-0.25, -0.2) is 4.98 Å². The van der Waals surface area contributed by atoms with E-state index in [9.17, 15) is 4.79 Å². The molecule has 4 rings (SSSR count). The number of benzene rings is 1. The number of aryl methyl sites for hydroxylation is 1. The van der Waals surface area contributed by atoms with Crippen molar-refractivity contribution in [2.45, 2.75) is 17.8 Å². The van der Waals surface area contributed by atoms with E-state index in [2.05, 4.69) is 20.5 Å². The van der Waals surface area contributed by atoms with Crippen LogP contribution >= 0.6 is 11.8 Å². The molecule has 0 saturated carbocycles. The van der Waals surface area contributed by atoms with Crippen LogP contribution in [0.15, 0.2) is 64.7 Å². The van der Waals surface area contributed by atoms with Crippen LogP contribution in [0.4, 0.5) is 0 Å². The Labute approximate surface area is 147 Å². The van der Waals surface area contributed by atoms with Crippen molar-refractivity contribution < 1.29 is 0 Å². The lowest BCUT2D eigenvalue weighted by molar-refractivity contribution is 0.756. The van der Waals surface area contributed by atoms with Crippen LogP contribution in [-0.4, -0.2) is 29.6 Å². The summed E-state index contributed by atoms with van der Waals surface area (Å²) >= 11 is 1.44. The van der Waals surface area contributed by atoms with Crippen molar-refractivity contribution in [3.63, 3.8) is 0 Å². The number of rotatable bonds is 4. The van der Waals surface area contributed by atoms with Gasteiger partial charge in [0.2, 0.25) is 5.16 Å². The summed E-state index contributed by atoms with van der Waals surface area (Å²) in [6.07, 6.45) is 1.71. The molecule has 0 amide bonds. The second-order valence-electron chi connectivity index (χ2n) is 5.51. The van der Waals surface area contributed by atoms with Gasteiger partial charge in [0.15, 0.2) is 0 Å². The van der Waals surface area contributed by atoms with Crippen LogP contribution < -0.4 is 5.56 Å². The largest absolute Gasteiger partial charge is 0.269 e. The van der Waals surface area contributed by atoms with Gasteiger partial charge in [0, 0.05) is 18.0 Å². The molecule has 124 valence electrons. The van der Waals surface area contributed by atoms with Gasteiger partial charge < -0.3 is 0 Å². The summed E-state index contributed by atoms with van der Waals surface area (Å²) in [6, 6.07) is 15.0. The standard InChI is InChI=1S/C17H14N6OS/c1-12-5-7-14(8-6-12)23-17(19-20-21-23)25-11-13-10-16(24)22-9-3-2-4-15(22)18-13/h2-10H,11H2,1H3. The van der Waals surface area contributed by atoms with Crippen LogP contribution in [0, 0.1) is 6.92 Å². The van der Waals surface area contributed by atoms with Crippen molar-refractivity contribution in [2.75, 3.05) is 0 Å².